The Bertz CT molecular complexity index is 1400. The fourth-order valence-electron chi connectivity index (χ4n) is 4.34. The molecule has 0 aliphatic carbocycles. The highest BCUT2D eigenvalue weighted by Crippen LogP contribution is 2.21. The van der Waals surface area contributed by atoms with Crippen molar-refractivity contribution < 1.29 is 9.59 Å². The molecule has 0 atom stereocenters. The normalized spacial score (nSPS) is 14.7. The monoisotopic (exact) mass is 484 g/mol. The standard InChI is InChI=1S/C26H28N8O2/c1-32-9-6-24(35)34(12-11-32)21-5-4-19(29-16-21)13-20-14-23(22(17-30-20)25(27)36)31-15-18-3-2-8-33-10-7-28-26(18)33/h2-5,7-8,10,14,16-17H,6,9,11-13,15H2,1H3,(H2,27,36)(H,30,31). The number of rotatable bonds is 7. The molecular formula is C26H28N8O2. The molecule has 184 valence electrons. The lowest BCUT2D eigenvalue weighted by Crippen LogP contribution is -2.32. The van der Waals surface area contributed by atoms with E-state index in [1.165, 1.54) is 6.20 Å². The van der Waals surface area contributed by atoms with Gasteiger partial charge in [0.2, 0.25) is 5.91 Å². The van der Waals surface area contributed by atoms with Crippen molar-refractivity contribution in [1.82, 2.24) is 24.3 Å². The summed E-state index contributed by atoms with van der Waals surface area (Å²) in [6.07, 6.45) is 9.78. The van der Waals surface area contributed by atoms with Crippen LogP contribution in [0.25, 0.3) is 5.65 Å². The highest BCUT2D eigenvalue weighted by molar-refractivity contribution is 5.98. The van der Waals surface area contributed by atoms with E-state index in [2.05, 4.69) is 25.2 Å². The first-order valence-corrected chi connectivity index (χ1v) is 11.8. The van der Waals surface area contributed by atoms with Crippen molar-refractivity contribution >= 4 is 28.8 Å². The van der Waals surface area contributed by atoms with Gasteiger partial charge in [-0.25, -0.2) is 4.98 Å². The Labute approximate surface area is 208 Å². The van der Waals surface area contributed by atoms with Crippen molar-refractivity contribution in [2.45, 2.75) is 19.4 Å². The molecule has 1 saturated heterocycles. The largest absolute Gasteiger partial charge is 0.380 e. The second-order valence-corrected chi connectivity index (χ2v) is 8.91. The number of carbonyl (C=O) groups is 2. The quantitative estimate of drug-likeness (QED) is 0.412. The van der Waals surface area contributed by atoms with Crippen LogP contribution < -0.4 is 16.0 Å². The minimum Gasteiger partial charge on any atom is -0.380 e. The maximum atomic E-state index is 12.5. The number of pyridine rings is 3. The van der Waals surface area contributed by atoms with E-state index in [0.29, 0.717) is 37.2 Å². The Morgan fingerprint density at radius 1 is 1.06 bits per heavy atom. The van der Waals surface area contributed by atoms with Crippen LogP contribution in [0.3, 0.4) is 0 Å². The van der Waals surface area contributed by atoms with Crippen LogP contribution in [-0.4, -0.2) is 62.7 Å². The number of nitrogens with one attached hydrogen (secondary N) is 1. The molecule has 1 fully saturated rings. The van der Waals surface area contributed by atoms with E-state index >= 15 is 0 Å². The van der Waals surface area contributed by atoms with Gasteiger partial charge in [-0.05, 0) is 31.3 Å². The van der Waals surface area contributed by atoms with Gasteiger partial charge in [-0.15, -0.1) is 0 Å². The van der Waals surface area contributed by atoms with Crippen LogP contribution in [0.5, 0.6) is 0 Å². The van der Waals surface area contributed by atoms with Gasteiger partial charge in [-0.1, -0.05) is 6.07 Å². The average Bonchev–Trinajstić information content (AvgIpc) is 3.30. The summed E-state index contributed by atoms with van der Waals surface area (Å²) in [6, 6.07) is 9.60. The van der Waals surface area contributed by atoms with Crippen molar-refractivity contribution in [3.05, 3.63) is 83.8 Å². The van der Waals surface area contributed by atoms with Crippen LogP contribution in [0.15, 0.2) is 61.3 Å². The van der Waals surface area contributed by atoms with Crippen LogP contribution in [0.4, 0.5) is 11.4 Å². The molecule has 4 aromatic heterocycles. The number of amides is 2. The first-order valence-electron chi connectivity index (χ1n) is 11.8. The highest BCUT2D eigenvalue weighted by Gasteiger charge is 2.20. The number of nitrogens with two attached hydrogens (primary N) is 1. The maximum Gasteiger partial charge on any atom is 0.252 e. The Morgan fingerprint density at radius 3 is 2.72 bits per heavy atom. The summed E-state index contributed by atoms with van der Waals surface area (Å²) in [5, 5.41) is 3.32. The van der Waals surface area contributed by atoms with Gasteiger partial charge in [0.1, 0.15) is 5.65 Å². The number of fused-ring (bicyclic) bond motifs is 1. The first kappa shape index (κ1) is 23.4. The van der Waals surface area contributed by atoms with Crippen LogP contribution in [0, 0.1) is 0 Å². The number of aromatic nitrogens is 4. The molecule has 0 aromatic carbocycles. The molecule has 10 nitrogen and oxygen atoms in total. The van der Waals surface area contributed by atoms with Gasteiger partial charge < -0.3 is 25.3 Å². The van der Waals surface area contributed by atoms with Crippen molar-refractivity contribution in [2.75, 3.05) is 36.9 Å². The average molecular weight is 485 g/mol. The lowest BCUT2D eigenvalue weighted by atomic mass is 10.1. The summed E-state index contributed by atoms with van der Waals surface area (Å²) < 4.78 is 1.94. The number of nitrogens with zero attached hydrogens (tertiary/aromatic N) is 6. The zero-order valence-corrected chi connectivity index (χ0v) is 20.1. The summed E-state index contributed by atoms with van der Waals surface area (Å²) in [5.74, 6) is -0.440. The second-order valence-electron chi connectivity index (χ2n) is 8.91. The Morgan fingerprint density at radius 2 is 1.92 bits per heavy atom. The minimum absolute atomic E-state index is 0.111. The predicted molar refractivity (Wildman–Crippen MR) is 137 cm³/mol. The summed E-state index contributed by atoms with van der Waals surface area (Å²) in [4.78, 5) is 41.9. The number of hydrogen-bond acceptors (Lipinski definition) is 7. The predicted octanol–water partition coefficient (Wildman–Crippen LogP) is 2.09. The zero-order chi connectivity index (χ0) is 25.1. The summed E-state index contributed by atoms with van der Waals surface area (Å²) >= 11 is 0. The van der Waals surface area contributed by atoms with E-state index in [4.69, 9.17) is 5.73 Å². The van der Waals surface area contributed by atoms with E-state index < -0.39 is 5.91 Å². The van der Waals surface area contributed by atoms with Crippen molar-refractivity contribution in [3.8, 4) is 0 Å². The van der Waals surface area contributed by atoms with Crippen LogP contribution in [0.1, 0.15) is 33.7 Å². The van der Waals surface area contributed by atoms with E-state index in [1.807, 2.05) is 54.2 Å². The molecule has 36 heavy (non-hydrogen) atoms. The van der Waals surface area contributed by atoms with Crippen molar-refractivity contribution in [2.24, 2.45) is 5.73 Å². The number of anilines is 2. The molecular weight excluding hydrogens is 456 g/mol. The van der Waals surface area contributed by atoms with Gasteiger partial charge in [-0.3, -0.25) is 19.6 Å². The molecule has 1 aliphatic rings. The molecule has 0 saturated carbocycles. The Hall–Kier alpha value is -4.31. The fraction of sp³-hybridized carbons (Fsp3) is 0.269. The molecule has 3 N–H and O–H groups in total. The Kier molecular flexibility index (Phi) is 6.59. The van der Waals surface area contributed by atoms with Gasteiger partial charge in [0.25, 0.3) is 5.91 Å². The number of imidazole rings is 1. The van der Waals surface area contributed by atoms with Crippen molar-refractivity contribution in [1.29, 1.82) is 0 Å². The van der Waals surface area contributed by atoms with Gasteiger partial charge in [-0.2, -0.15) is 0 Å². The third-order valence-corrected chi connectivity index (χ3v) is 6.39. The SMILES string of the molecule is CN1CCC(=O)N(c2ccc(Cc3cc(NCc4cccn5ccnc45)c(C(N)=O)cn3)nc2)CC1. The summed E-state index contributed by atoms with van der Waals surface area (Å²) in [6.45, 7) is 2.71. The van der Waals surface area contributed by atoms with E-state index in [1.54, 1.807) is 17.3 Å². The van der Waals surface area contributed by atoms with Crippen LogP contribution in [0.2, 0.25) is 0 Å². The second kappa shape index (κ2) is 10.1. The van der Waals surface area contributed by atoms with Gasteiger partial charge >= 0.3 is 0 Å². The number of likely N-dealkylation sites (N-methyl/N-ethyl adjacent to an activating group) is 1. The van der Waals surface area contributed by atoms with Gasteiger partial charge in [0.05, 0.1) is 23.1 Å². The van der Waals surface area contributed by atoms with E-state index in [9.17, 15) is 9.59 Å². The molecule has 5 heterocycles. The number of carbonyl (C=O) groups excluding carboxylic acids is 2. The number of hydrogen-bond donors (Lipinski definition) is 2. The molecule has 10 heteroatoms. The molecule has 4 aromatic rings. The molecule has 5 rings (SSSR count). The molecule has 0 bridgehead atoms. The highest BCUT2D eigenvalue weighted by atomic mass is 16.2. The van der Waals surface area contributed by atoms with Crippen LogP contribution >= 0.6 is 0 Å². The van der Waals surface area contributed by atoms with Gasteiger partial charge in [0.15, 0.2) is 0 Å². The fourth-order valence-corrected chi connectivity index (χ4v) is 4.34. The third kappa shape index (κ3) is 5.03. The molecule has 0 radical (unpaired) electrons. The first-order chi connectivity index (χ1) is 17.5. The van der Waals surface area contributed by atoms with Crippen molar-refractivity contribution in [3.63, 3.8) is 0 Å². The smallest absolute Gasteiger partial charge is 0.252 e. The topological polar surface area (TPSA) is 122 Å². The molecule has 2 amide bonds. The van der Waals surface area contributed by atoms with Gasteiger partial charge in [0, 0.05) is 80.8 Å². The molecule has 0 unspecified atom stereocenters. The van der Waals surface area contributed by atoms with Crippen LogP contribution in [-0.2, 0) is 17.8 Å². The number of primary amides is 1. The maximum absolute atomic E-state index is 12.5. The van der Waals surface area contributed by atoms with E-state index in [-0.39, 0.29) is 5.91 Å². The lowest BCUT2D eigenvalue weighted by molar-refractivity contribution is -0.118. The Balaban J connectivity index is 1.32. The molecule has 1 aliphatic heterocycles. The minimum atomic E-state index is -0.550. The zero-order valence-electron chi connectivity index (χ0n) is 20.1. The summed E-state index contributed by atoms with van der Waals surface area (Å²) in [7, 11) is 2.02. The molecule has 0 spiro atoms. The lowest BCUT2D eigenvalue weighted by Gasteiger charge is -2.20. The summed E-state index contributed by atoms with van der Waals surface area (Å²) in [5.41, 5.74) is 10.7. The third-order valence-electron chi connectivity index (χ3n) is 6.39. The van der Waals surface area contributed by atoms with E-state index in [0.717, 1.165) is 41.4 Å².